The van der Waals surface area contributed by atoms with E-state index in [9.17, 15) is 4.79 Å². The SMILES string of the molecule is CCOc1ccc(C(=O)NC2CCC(Nc3nc(N(C)C)ncc3C)CC2)cc1OCC. The summed E-state index contributed by atoms with van der Waals surface area (Å²) >= 11 is 0. The van der Waals surface area contributed by atoms with Crippen molar-refractivity contribution < 1.29 is 14.3 Å². The number of aromatic nitrogens is 2. The molecule has 1 aromatic heterocycles. The van der Waals surface area contributed by atoms with Crippen molar-refractivity contribution in [3.63, 3.8) is 0 Å². The Bertz CT molecular complexity index is 911. The summed E-state index contributed by atoms with van der Waals surface area (Å²) in [6, 6.07) is 5.84. The summed E-state index contributed by atoms with van der Waals surface area (Å²) in [5, 5.41) is 6.75. The summed E-state index contributed by atoms with van der Waals surface area (Å²) in [6.45, 7) is 6.92. The lowest BCUT2D eigenvalue weighted by molar-refractivity contribution is 0.0926. The van der Waals surface area contributed by atoms with E-state index in [2.05, 4.69) is 20.6 Å². The van der Waals surface area contributed by atoms with Gasteiger partial charge in [-0.05, 0) is 64.7 Å². The molecule has 0 spiro atoms. The van der Waals surface area contributed by atoms with E-state index in [1.807, 2.05) is 46.0 Å². The zero-order valence-electron chi connectivity index (χ0n) is 19.8. The van der Waals surface area contributed by atoms with Gasteiger partial charge in [-0.3, -0.25) is 4.79 Å². The fourth-order valence-electron chi connectivity index (χ4n) is 3.83. The lowest BCUT2D eigenvalue weighted by Gasteiger charge is -2.30. The predicted octanol–water partition coefficient (Wildman–Crippen LogP) is 3.80. The molecule has 174 valence electrons. The van der Waals surface area contributed by atoms with Crippen LogP contribution in [-0.2, 0) is 0 Å². The summed E-state index contributed by atoms with van der Waals surface area (Å²) < 4.78 is 11.2. The first kappa shape index (κ1) is 23.6. The Morgan fingerprint density at radius 3 is 2.38 bits per heavy atom. The van der Waals surface area contributed by atoms with Crippen molar-refractivity contribution >= 4 is 17.7 Å². The molecule has 1 aliphatic carbocycles. The number of anilines is 2. The molecule has 0 atom stereocenters. The van der Waals surface area contributed by atoms with Crippen LogP contribution in [0.1, 0.15) is 55.5 Å². The third-order valence-electron chi connectivity index (χ3n) is 5.57. The maximum atomic E-state index is 12.8. The maximum absolute atomic E-state index is 12.8. The Kier molecular flexibility index (Phi) is 8.14. The lowest BCUT2D eigenvalue weighted by atomic mass is 9.91. The van der Waals surface area contributed by atoms with Crippen LogP contribution in [0.15, 0.2) is 24.4 Å². The van der Waals surface area contributed by atoms with Crippen LogP contribution in [0, 0.1) is 6.92 Å². The minimum Gasteiger partial charge on any atom is -0.490 e. The van der Waals surface area contributed by atoms with Gasteiger partial charge in [-0.1, -0.05) is 0 Å². The molecule has 0 radical (unpaired) electrons. The maximum Gasteiger partial charge on any atom is 0.251 e. The summed E-state index contributed by atoms with van der Waals surface area (Å²) in [7, 11) is 3.87. The Labute approximate surface area is 190 Å². The number of carbonyl (C=O) groups is 1. The van der Waals surface area contributed by atoms with Crippen molar-refractivity contribution in [1.29, 1.82) is 0 Å². The zero-order valence-corrected chi connectivity index (χ0v) is 19.8. The second kappa shape index (κ2) is 11.0. The van der Waals surface area contributed by atoms with Gasteiger partial charge in [0.15, 0.2) is 11.5 Å². The van der Waals surface area contributed by atoms with Crippen LogP contribution in [0.25, 0.3) is 0 Å². The first-order valence-electron chi connectivity index (χ1n) is 11.4. The molecule has 0 unspecified atom stereocenters. The highest BCUT2D eigenvalue weighted by Crippen LogP contribution is 2.29. The minimum absolute atomic E-state index is 0.0762. The molecule has 1 heterocycles. The minimum atomic E-state index is -0.0762. The Balaban J connectivity index is 1.55. The Morgan fingerprint density at radius 1 is 1.06 bits per heavy atom. The van der Waals surface area contributed by atoms with E-state index in [-0.39, 0.29) is 11.9 Å². The van der Waals surface area contributed by atoms with Gasteiger partial charge in [-0.15, -0.1) is 0 Å². The summed E-state index contributed by atoms with van der Waals surface area (Å²) in [5.41, 5.74) is 1.62. The molecule has 8 heteroatoms. The number of ether oxygens (including phenoxy) is 2. The molecule has 0 saturated heterocycles. The average molecular weight is 442 g/mol. The average Bonchev–Trinajstić information content (AvgIpc) is 2.78. The monoisotopic (exact) mass is 441 g/mol. The van der Waals surface area contributed by atoms with E-state index in [0.29, 0.717) is 42.3 Å². The topological polar surface area (TPSA) is 88.6 Å². The van der Waals surface area contributed by atoms with Gasteiger partial charge in [0, 0.05) is 43.5 Å². The van der Waals surface area contributed by atoms with Crippen LogP contribution >= 0.6 is 0 Å². The van der Waals surface area contributed by atoms with Crippen LogP contribution in [0.4, 0.5) is 11.8 Å². The Morgan fingerprint density at radius 2 is 1.72 bits per heavy atom. The first-order chi connectivity index (χ1) is 15.4. The van der Waals surface area contributed by atoms with E-state index < -0.39 is 0 Å². The molecule has 0 bridgehead atoms. The van der Waals surface area contributed by atoms with Gasteiger partial charge < -0.3 is 25.0 Å². The van der Waals surface area contributed by atoms with Crippen LogP contribution in [0.2, 0.25) is 0 Å². The zero-order chi connectivity index (χ0) is 23.1. The second-order valence-electron chi connectivity index (χ2n) is 8.29. The molecule has 1 saturated carbocycles. The fourth-order valence-corrected chi connectivity index (χ4v) is 3.83. The van der Waals surface area contributed by atoms with E-state index >= 15 is 0 Å². The van der Waals surface area contributed by atoms with E-state index in [4.69, 9.17) is 9.47 Å². The van der Waals surface area contributed by atoms with E-state index in [1.165, 1.54) is 0 Å². The van der Waals surface area contributed by atoms with Crippen LogP contribution in [0.3, 0.4) is 0 Å². The number of benzene rings is 1. The summed E-state index contributed by atoms with van der Waals surface area (Å²) in [5.74, 6) is 2.77. The van der Waals surface area contributed by atoms with Gasteiger partial charge in [-0.2, -0.15) is 4.98 Å². The van der Waals surface area contributed by atoms with Gasteiger partial charge >= 0.3 is 0 Å². The highest BCUT2D eigenvalue weighted by molar-refractivity contribution is 5.95. The molecule has 3 rings (SSSR count). The first-order valence-corrected chi connectivity index (χ1v) is 11.4. The van der Waals surface area contributed by atoms with Crippen molar-refractivity contribution in [2.75, 3.05) is 37.5 Å². The van der Waals surface area contributed by atoms with Crippen LogP contribution in [0.5, 0.6) is 11.5 Å². The van der Waals surface area contributed by atoms with E-state index in [0.717, 1.165) is 37.1 Å². The standard InChI is InChI=1S/C24H35N5O3/c1-6-31-20-13-8-17(14-21(20)32-7-2)23(30)27-19-11-9-18(10-12-19)26-22-16(3)15-25-24(28-22)29(4)5/h8,13-15,18-19H,6-7,9-12H2,1-5H3,(H,27,30)(H,25,26,28). The third kappa shape index (κ3) is 6.02. The van der Waals surface area contributed by atoms with Crippen molar-refractivity contribution in [2.45, 2.75) is 58.5 Å². The number of aryl methyl sites for hydroxylation is 1. The number of hydrogen-bond acceptors (Lipinski definition) is 7. The number of nitrogens with zero attached hydrogens (tertiary/aromatic N) is 3. The quantitative estimate of drug-likeness (QED) is 0.612. The summed E-state index contributed by atoms with van der Waals surface area (Å²) in [6.07, 6.45) is 5.63. The highest BCUT2D eigenvalue weighted by atomic mass is 16.5. The predicted molar refractivity (Wildman–Crippen MR) is 127 cm³/mol. The Hall–Kier alpha value is -3.03. The van der Waals surface area contributed by atoms with Crippen molar-refractivity contribution in [1.82, 2.24) is 15.3 Å². The number of carbonyl (C=O) groups excluding carboxylic acids is 1. The van der Waals surface area contributed by atoms with Crippen LogP contribution < -0.4 is 25.0 Å². The second-order valence-corrected chi connectivity index (χ2v) is 8.29. The van der Waals surface area contributed by atoms with Crippen molar-refractivity contribution in [3.8, 4) is 11.5 Å². The molecule has 32 heavy (non-hydrogen) atoms. The van der Waals surface area contributed by atoms with Gasteiger partial charge in [-0.25, -0.2) is 4.98 Å². The molecule has 1 amide bonds. The number of rotatable bonds is 9. The van der Waals surface area contributed by atoms with E-state index in [1.54, 1.807) is 18.2 Å². The molecule has 2 N–H and O–H groups in total. The number of nitrogens with one attached hydrogen (secondary N) is 2. The summed E-state index contributed by atoms with van der Waals surface area (Å²) in [4.78, 5) is 23.7. The molecule has 8 nitrogen and oxygen atoms in total. The van der Waals surface area contributed by atoms with Crippen molar-refractivity contribution in [3.05, 3.63) is 35.5 Å². The third-order valence-corrected chi connectivity index (χ3v) is 5.57. The molecule has 1 aliphatic rings. The largest absolute Gasteiger partial charge is 0.490 e. The van der Waals surface area contributed by atoms with Gasteiger partial charge in [0.2, 0.25) is 5.95 Å². The highest BCUT2D eigenvalue weighted by Gasteiger charge is 2.24. The van der Waals surface area contributed by atoms with Gasteiger partial charge in [0.1, 0.15) is 5.82 Å². The fraction of sp³-hybridized carbons (Fsp3) is 0.542. The molecule has 2 aromatic rings. The van der Waals surface area contributed by atoms with Gasteiger partial charge in [0.05, 0.1) is 13.2 Å². The number of amides is 1. The van der Waals surface area contributed by atoms with Gasteiger partial charge in [0.25, 0.3) is 5.91 Å². The molecule has 1 fully saturated rings. The smallest absolute Gasteiger partial charge is 0.251 e. The number of hydrogen-bond donors (Lipinski definition) is 2. The lowest BCUT2D eigenvalue weighted by Crippen LogP contribution is -2.40. The molecule has 1 aromatic carbocycles. The van der Waals surface area contributed by atoms with Crippen LogP contribution in [-0.4, -0.2) is 55.3 Å². The molecular formula is C24H35N5O3. The van der Waals surface area contributed by atoms with Crippen molar-refractivity contribution in [2.24, 2.45) is 0 Å². The molecular weight excluding hydrogens is 406 g/mol. The molecule has 0 aliphatic heterocycles. The normalized spacial score (nSPS) is 18.0.